The zero-order valence-corrected chi connectivity index (χ0v) is 16.4. The number of hydrogen-bond donors (Lipinski definition) is 2. The van der Waals surface area contributed by atoms with Crippen LogP contribution >= 0.6 is 35.3 Å². The van der Waals surface area contributed by atoms with E-state index in [-0.39, 0.29) is 24.0 Å². The first-order valence-electron chi connectivity index (χ1n) is 7.17. The maximum atomic E-state index is 5.90. The molecule has 0 amide bonds. The van der Waals surface area contributed by atoms with E-state index >= 15 is 0 Å². The van der Waals surface area contributed by atoms with Crippen LogP contribution in [0.3, 0.4) is 0 Å². The Morgan fingerprint density at radius 2 is 2.14 bits per heavy atom. The summed E-state index contributed by atoms with van der Waals surface area (Å²) >= 11 is 1.75. The molecule has 0 unspecified atom stereocenters. The summed E-state index contributed by atoms with van der Waals surface area (Å²) in [4.78, 5) is 10.3. The number of aromatic nitrogens is 1. The smallest absolute Gasteiger partial charge is 0.193 e. The number of anilines is 1. The Bertz CT molecular complexity index is 637. The number of nitrogens with two attached hydrogens (primary N) is 1. The van der Waals surface area contributed by atoms with Gasteiger partial charge in [-0.05, 0) is 38.0 Å². The molecule has 0 fully saturated rings. The predicted octanol–water partition coefficient (Wildman–Crippen LogP) is 3.91. The first kappa shape index (κ1) is 18.9. The summed E-state index contributed by atoms with van der Waals surface area (Å²) in [5.41, 5.74) is 9.26. The molecule has 0 spiro atoms. The number of nitrogens with zero attached hydrogens (tertiary/aromatic N) is 2. The number of thiazole rings is 1. The zero-order valence-electron chi connectivity index (χ0n) is 13.2. The van der Waals surface area contributed by atoms with Crippen LogP contribution in [0.1, 0.15) is 28.1 Å². The van der Waals surface area contributed by atoms with E-state index in [1.54, 1.807) is 11.3 Å². The van der Waals surface area contributed by atoms with Gasteiger partial charge in [-0.2, -0.15) is 0 Å². The van der Waals surface area contributed by atoms with Crippen molar-refractivity contribution in [3.63, 3.8) is 0 Å². The van der Waals surface area contributed by atoms with Gasteiger partial charge in [0.1, 0.15) is 0 Å². The third-order valence-electron chi connectivity index (χ3n) is 3.17. The molecule has 6 heteroatoms. The fourth-order valence-corrected chi connectivity index (χ4v) is 3.12. The summed E-state index contributed by atoms with van der Waals surface area (Å²) in [7, 11) is 0. The molecule has 0 saturated carbocycles. The lowest BCUT2D eigenvalue weighted by molar-refractivity contribution is 0.925. The van der Waals surface area contributed by atoms with Crippen LogP contribution < -0.4 is 11.1 Å². The van der Waals surface area contributed by atoms with Crippen LogP contribution in [0, 0.1) is 13.8 Å². The average Bonchev–Trinajstić information content (AvgIpc) is 2.79. The van der Waals surface area contributed by atoms with Crippen LogP contribution in [0.5, 0.6) is 0 Å². The minimum Gasteiger partial charge on any atom is -0.370 e. The van der Waals surface area contributed by atoms with Crippen molar-refractivity contribution in [3.05, 3.63) is 45.4 Å². The Balaban J connectivity index is 0.00000242. The molecular formula is C16H23IN4S. The zero-order chi connectivity index (χ0) is 15.2. The van der Waals surface area contributed by atoms with Crippen molar-refractivity contribution in [2.24, 2.45) is 10.7 Å². The number of aryl methyl sites for hydroxylation is 3. The Hall–Kier alpha value is -1.15. The maximum Gasteiger partial charge on any atom is 0.193 e. The van der Waals surface area contributed by atoms with E-state index in [2.05, 4.69) is 42.1 Å². The monoisotopic (exact) mass is 430 g/mol. The van der Waals surface area contributed by atoms with Gasteiger partial charge in [-0.25, -0.2) is 4.98 Å². The molecule has 0 saturated heterocycles. The molecule has 120 valence electrons. The fraction of sp³-hybridized carbons (Fsp3) is 0.375. The van der Waals surface area contributed by atoms with Gasteiger partial charge in [0, 0.05) is 23.5 Å². The van der Waals surface area contributed by atoms with Crippen molar-refractivity contribution in [1.29, 1.82) is 0 Å². The van der Waals surface area contributed by atoms with Gasteiger partial charge in [0.25, 0.3) is 0 Å². The van der Waals surface area contributed by atoms with Gasteiger partial charge in [-0.1, -0.05) is 19.1 Å². The number of halogens is 1. The first-order chi connectivity index (χ1) is 10.1. The topological polar surface area (TPSA) is 63.3 Å². The molecule has 0 aliphatic carbocycles. The molecule has 0 atom stereocenters. The van der Waals surface area contributed by atoms with Gasteiger partial charge in [-0.15, -0.1) is 35.3 Å². The Kier molecular flexibility index (Phi) is 7.81. The van der Waals surface area contributed by atoms with Gasteiger partial charge in [0.2, 0.25) is 0 Å². The molecule has 4 nitrogen and oxygen atoms in total. The van der Waals surface area contributed by atoms with Crippen molar-refractivity contribution in [1.82, 2.24) is 4.98 Å². The highest BCUT2D eigenvalue weighted by molar-refractivity contribution is 14.0. The SMILES string of the molecule is CCc1nc(CCN=C(N)Nc2cccc(C)c2)sc1C.I. The maximum absolute atomic E-state index is 5.90. The van der Waals surface area contributed by atoms with Crippen LogP contribution in [0.4, 0.5) is 5.69 Å². The highest BCUT2D eigenvalue weighted by atomic mass is 127. The predicted molar refractivity (Wildman–Crippen MR) is 107 cm³/mol. The fourth-order valence-electron chi connectivity index (χ4n) is 2.10. The summed E-state index contributed by atoms with van der Waals surface area (Å²) in [6.45, 7) is 6.96. The number of nitrogens with one attached hydrogen (secondary N) is 1. The molecule has 22 heavy (non-hydrogen) atoms. The third kappa shape index (κ3) is 5.57. The van der Waals surface area contributed by atoms with Crippen molar-refractivity contribution in [3.8, 4) is 0 Å². The lowest BCUT2D eigenvalue weighted by Gasteiger charge is -2.05. The summed E-state index contributed by atoms with van der Waals surface area (Å²) in [6.07, 6.45) is 1.82. The van der Waals surface area contributed by atoms with E-state index in [1.807, 2.05) is 18.2 Å². The average molecular weight is 430 g/mol. The van der Waals surface area contributed by atoms with Crippen LogP contribution in [0.25, 0.3) is 0 Å². The molecule has 2 aromatic rings. The van der Waals surface area contributed by atoms with E-state index in [4.69, 9.17) is 5.73 Å². The molecule has 1 aromatic heterocycles. The van der Waals surface area contributed by atoms with Crippen molar-refractivity contribution in [2.75, 3.05) is 11.9 Å². The van der Waals surface area contributed by atoms with Crippen LogP contribution in [-0.4, -0.2) is 17.5 Å². The summed E-state index contributed by atoms with van der Waals surface area (Å²) in [5, 5.41) is 4.24. The van der Waals surface area contributed by atoms with Gasteiger partial charge < -0.3 is 11.1 Å². The minimum absolute atomic E-state index is 0. The Morgan fingerprint density at radius 1 is 1.36 bits per heavy atom. The summed E-state index contributed by atoms with van der Waals surface area (Å²) < 4.78 is 0. The van der Waals surface area contributed by atoms with Crippen molar-refractivity contribution < 1.29 is 0 Å². The Morgan fingerprint density at radius 3 is 2.77 bits per heavy atom. The lowest BCUT2D eigenvalue weighted by Crippen LogP contribution is -2.23. The minimum atomic E-state index is 0. The molecule has 0 aliphatic heterocycles. The summed E-state index contributed by atoms with van der Waals surface area (Å²) in [6, 6.07) is 8.07. The molecular weight excluding hydrogens is 407 g/mol. The standard InChI is InChI=1S/C16H22N4S.HI/c1-4-14-12(3)21-15(20-14)8-9-18-16(17)19-13-7-5-6-11(2)10-13;/h5-7,10H,4,8-9H2,1-3H3,(H3,17,18,19);1H. The van der Waals surface area contributed by atoms with Crippen LogP contribution in [0.2, 0.25) is 0 Å². The van der Waals surface area contributed by atoms with E-state index in [0.717, 1.165) is 23.5 Å². The second-order valence-electron chi connectivity index (χ2n) is 4.98. The van der Waals surface area contributed by atoms with Crippen LogP contribution in [0.15, 0.2) is 29.3 Å². The molecule has 0 aliphatic rings. The van der Waals surface area contributed by atoms with Crippen molar-refractivity contribution >= 4 is 47.0 Å². The van der Waals surface area contributed by atoms with E-state index < -0.39 is 0 Å². The van der Waals surface area contributed by atoms with Crippen molar-refractivity contribution in [2.45, 2.75) is 33.6 Å². The third-order valence-corrected chi connectivity index (χ3v) is 4.24. The number of guanidine groups is 1. The number of aliphatic imine (C=N–C) groups is 1. The first-order valence-corrected chi connectivity index (χ1v) is 7.99. The van der Waals surface area contributed by atoms with E-state index in [1.165, 1.54) is 16.1 Å². The molecule has 0 radical (unpaired) electrons. The molecule has 1 aromatic carbocycles. The van der Waals surface area contributed by atoms with Gasteiger partial charge in [0.05, 0.1) is 10.7 Å². The number of rotatable bonds is 5. The highest BCUT2D eigenvalue weighted by Gasteiger charge is 2.05. The highest BCUT2D eigenvalue weighted by Crippen LogP contribution is 2.18. The largest absolute Gasteiger partial charge is 0.370 e. The number of hydrogen-bond acceptors (Lipinski definition) is 3. The molecule has 3 N–H and O–H groups in total. The molecule has 1 heterocycles. The molecule has 0 bridgehead atoms. The normalized spacial score (nSPS) is 11.1. The van der Waals surface area contributed by atoms with Crippen LogP contribution in [-0.2, 0) is 12.8 Å². The molecule has 2 rings (SSSR count). The van der Waals surface area contributed by atoms with E-state index in [0.29, 0.717) is 12.5 Å². The van der Waals surface area contributed by atoms with E-state index in [9.17, 15) is 0 Å². The van der Waals surface area contributed by atoms with Gasteiger partial charge in [-0.3, -0.25) is 4.99 Å². The second kappa shape index (κ2) is 9.09. The van der Waals surface area contributed by atoms with Gasteiger partial charge in [0.15, 0.2) is 5.96 Å². The summed E-state index contributed by atoms with van der Waals surface area (Å²) in [5.74, 6) is 0.449. The lowest BCUT2D eigenvalue weighted by atomic mass is 10.2. The quantitative estimate of drug-likeness (QED) is 0.430. The number of benzene rings is 1. The van der Waals surface area contributed by atoms with Gasteiger partial charge >= 0.3 is 0 Å². The Labute approximate surface area is 153 Å². The second-order valence-corrected chi connectivity index (χ2v) is 6.26.